The number of hydrogen-bond donors (Lipinski definition) is 1. The highest BCUT2D eigenvalue weighted by molar-refractivity contribution is 5.27. The zero-order valence-corrected chi connectivity index (χ0v) is 14.3. The van der Waals surface area contributed by atoms with Crippen molar-refractivity contribution in [3.63, 3.8) is 0 Å². The summed E-state index contributed by atoms with van der Waals surface area (Å²) in [5, 5.41) is 3.37. The molecule has 5 heteroatoms. The van der Waals surface area contributed by atoms with Gasteiger partial charge in [0.25, 0.3) is 0 Å². The van der Waals surface area contributed by atoms with Crippen molar-refractivity contribution in [3.8, 4) is 5.88 Å². The molecule has 1 aliphatic heterocycles. The van der Waals surface area contributed by atoms with E-state index >= 15 is 0 Å². The molecule has 0 spiro atoms. The van der Waals surface area contributed by atoms with Gasteiger partial charge < -0.3 is 10.1 Å². The first-order chi connectivity index (χ1) is 11.4. The third-order valence-corrected chi connectivity index (χ3v) is 5.15. The van der Waals surface area contributed by atoms with Crippen LogP contribution in [0.2, 0.25) is 0 Å². The predicted octanol–water partition coefficient (Wildman–Crippen LogP) is 3.47. The fraction of sp³-hybridized carbons (Fsp3) is 0.778. The largest absolute Gasteiger partial charge is 0.478 e. The van der Waals surface area contributed by atoms with Gasteiger partial charge >= 0.3 is 0 Å². The maximum Gasteiger partial charge on any atom is 0.225 e. The van der Waals surface area contributed by atoms with Gasteiger partial charge in [0, 0.05) is 30.9 Å². The van der Waals surface area contributed by atoms with Crippen LogP contribution in [-0.2, 0) is 0 Å². The maximum atomic E-state index is 5.43. The van der Waals surface area contributed by atoms with E-state index in [0.29, 0.717) is 18.4 Å². The molecule has 1 aromatic heterocycles. The Labute approximate surface area is 139 Å². The van der Waals surface area contributed by atoms with Gasteiger partial charge in [0.15, 0.2) is 0 Å². The predicted molar refractivity (Wildman–Crippen MR) is 92.9 cm³/mol. The van der Waals surface area contributed by atoms with Crippen molar-refractivity contribution in [2.75, 3.05) is 25.0 Å². The second kappa shape index (κ2) is 8.48. The molecule has 1 saturated heterocycles. The average Bonchev–Trinajstić information content (AvgIpc) is 3.10. The lowest BCUT2D eigenvalue weighted by Gasteiger charge is -2.40. The second-order valence-electron chi connectivity index (χ2n) is 6.69. The average molecular weight is 318 g/mol. The lowest BCUT2D eigenvalue weighted by atomic mass is 9.96. The molecule has 0 aromatic carbocycles. The molecule has 1 atom stereocenters. The van der Waals surface area contributed by atoms with Crippen LogP contribution in [0.15, 0.2) is 12.3 Å². The minimum Gasteiger partial charge on any atom is -0.478 e. The Morgan fingerprint density at radius 1 is 1.22 bits per heavy atom. The fourth-order valence-electron chi connectivity index (χ4n) is 4.06. The van der Waals surface area contributed by atoms with Gasteiger partial charge in [-0.25, -0.2) is 4.98 Å². The van der Waals surface area contributed by atoms with E-state index in [-0.39, 0.29) is 0 Å². The Bertz CT molecular complexity index is 476. The number of hydrogen-bond acceptors (Lipinski definition) is 5. The molecule has 5 nitrogen and oxygen atoms in total. The summed E-state index contributed by atoms with van der Waals surface area (Å²) in [6.07, 6.45) is 12.7. The van der Waals surface area contributed by atoms with Crippen LogP contribution in [0, 0.1) is 0 Å². The Morgan fingerprint density at radius 2 is 2.04 bits per heavy atom. The zero-order chi connectivity index (χ0) is 15.9. The monoisotopic (exact) mass is 318 g/mol. The van der Waals surface area contributed by atoms with Crippen LogP contribution in [0.25, 0.3) is 0 Å². The Morgan fingerprint density at radius 3 is 2.87 bits per heavy atom. The van der Waals surface area contributed by atoms with E-state index in [2.05, 4.69) is 20.2 Å². The molecule has 1 N–H and O–H groups in total. The molecule has 0 amide bonds. The highest BCUT2D eigenvalue weighted by Crippen LogP contribution is 2.30. The maximum absolute atomic E-state index is 5.43. The van der Waals surface area contributed by atoms with Crippen LogP contribution in [-0.4, -0.2) is 46.6 Å². The number of ether oxygens (including phenoxy) is 1. The van der Waals surface area contributed by atoms with Crippen LogP contribution in [0.3, 0.4) is 0 Å². The summed E-state index contributed by atoms with van der Waals surface area (Å²) in [6, 6.07) is 3.38. The van der Waals surface area contributed by atoms with E-state index in [1.165, 1.54) is 57.9 Å². The van der Waals surface area contributed by atoms with Crippen molar-refractivity contribution in [1.82, 2.24) is 14.9 Å². The summed E-state index contributed by atoms with van der Waals surface area (Å²) in [4.78, 5) is 11.5. The molecule has 23 heavy (non-hydrogen) atoms. The molecule has 1 saturated carbocycles. The number of anilines is 1. The Balaban J connectivity index is 1.49. The molecular formula is C18H30N4O. The first kappa shape index (κ1) is 16.5. The van der Waals surface area contributed by atoms with Crippen LogP contribution in [0.4, 0.5) is 5.95 Å². The van der Waals surface area contributed by atoms with Crippen molar-refractivity contribution < 1.29 is 4.74 Å². The Hall–Kier alpha value is -1.36. The number of nitrogens with one attached hydrogen (secondary N) is 1. The van der Waals surface area contributed by atoms with Crippen LogP contribution < -0.4 is 10.1 Å². The van der Waals surface area contributed by atoms with E-state index in [0.717, 1.165) is 18.6 Å². The topological polar surface area (TPSA) is 50.3 Å². The van der Waals surface area contributed by atoms with Crippen LogP contribution in [0.1, 0.15) is 58.3 Å². The smallest absolute Gasteiger partial charge is 0.225 e. The van der Waals surface area contributed by atoms with Gasteiger partial charge in [-0.05, 0) is 45.6 Å². The summed E-state index contributed by atoms with van der Waals surface area (Å²) in [5.74, 6) is 1.33. The molecule has 3 rings (SSSR count). The van der Waals surface area contributed by atoms with Crippen LogP contribution in [0.5, 0.6) is 5.88 Å². The van der Waals surface area contributed by atoms with Gasteiger partial charge in [0.2, 0.25) is 11.8 Å². The van der Waals surface area contributed by atoms with E-state index < -0.39 is 0 Å². The molecular weight excluding hydrogens is 288 g/mol. The fourth-order valence-corrected chi connectivity index (χ4v) is 4.06. The third-order valence-electron chi connectivity index (χ3n) is 5.15. The number of likely N-dealkylation sites (tertiary alicyclic amines) is 1. The first-order valence-electron chi connectivity index (χ1n) is 9.32. The van der Waals surface area contributed by atoms with E-state index in [4.69, 9.17) is 4.74 Å². The molecule has 1 aliphatic carbocycles. The molecule has 2 aliphatic rings. The van der Waals surface area contributed by atoms with Gasteiger partial charge in [-0.3, -0.25) is 4.90 Å². The van der Waals surface area contributed by atoms with Crippen molar-refractivity contribution in [2.24, 2.45) is 0 Å². The second-order valence-corrected chi connectivity index (χ2v) is 6.69. The van der Waals surface area contributed by atoms with Crippen molar-refractivity contribution in [3.05, 3.63) is 12.3 Å². The number of piperidine rings is 1. The number of aromatic nitrogens is 2. The molecule has 2 fully saturated rings. The Kier molecular flexibility index (Phi) is 6.08. The van der Waals surface area contributed by atoms with Crippen LogP contribution >= 0.6 is 0 Å². The molecule has 128 valence electrons. The number of rotatable bonds is 7. The molecule has 2 heterocycles. The summed E-state index contributed by atoms with van der Waals surface area (Å²) < 4.78 is 5.43. The highest BCUT2D eigenvalue weighted by Gasteiger charge is 2.30. The lowest BCUT2D eigenvalue weighted by Crippen LogP contribution is -2.45. The van der Waals surface area contributed by atoms with E-state index in [9.17, 15) is 0 Å². The first-order valence-corrected chi connectivity index (χ1v) is 9.32. The van der Waals surface area contributed by atoms with Gasteiger partial charge in [0.1, 0.15) is 0 Å². The van der Waals surface area contributed by atoms with Crippen molar-refractivity contribution in [1.29, 1.82) is 0 Å². The zero-order valence-electron chi connectivity index (χ0n) is 14.3. The molecule has 0 radical (unpaired) electrons. The highest BCUT2D eigenvalue weighted by atomic mass is 16.5. The molecule has 0 bridgehead atoms. The minimum atomic E-state index is 0.634. The number of nitrogens with zero attached hydrogens (tertiary/aromatic N) is 3. The van der Waals surface area contributed by atoms with Gasteiger partial charge in [-0.1, -0.05) is 19.3 Å². The standard InChI is InChI=1S/C18H30N4O/c1-2-23-17-11-13-20-18(21-17)19-12-10-16-9-5-6-14-22(16)15-7-3-4-8-15/h11,13,15-16H,2-10,12,14H2,1H3,(H,19,20,21)/t16-/m0/s1. The lowest BCUT2D eigenvalue weighted by molar-refractivity contribution is 0.0933. The normalized spacial score (nSPS) is 23.1. The van der Waals surface area contributed by atoms with E-state index in [1.807, 2.05) is 6.92 Å². The van der Waals surface area contributed by atoms with Gasteiger partial charge in [0.05, 0.1) is 6.61 Å². The summed E-state index contributed by atoms with van der Waals surface area (Å²) in [5.41, 5.74) is 0. The minimum absolute atomic E-state index is 0.634. The van der Waals surface area contributed by atoms with Gasteiger partial charge in [-0.2, -0.15) is 4.98 Å². The summed E-state index contributed by atoms with van der Waals surface area (Å²) in [7, 11) is 0. The third kappa shape index (κ3) is 4.56. The summed E-state index contributed by atoms with van der Waals surface area (Å²) >= 11 is 0. The van der Waals surface area contributed by atoms with E-state index in [1.54, 1.807) is 12.3 Å². The van der Waals surface area contributed by atoms with Gasteiger partial charge in [-0.15, -0.1) is 0 Å². The quantitative estimate of drug-likeness (QED) is 0.834. The molecule has 1 aromatic rings. The van der Waals surface area contributed by atoms with Crippen molar-refractivity contribution >= 4 is 5.95 Å². The van der Waals surface area contributed by atoms with Crippen molar-refractivity contribution in [2.45, 2.75) is 70.4 Å². The summed E-state index contributed by atoms with van der Waals surface area (Å²) in [6.45, 7) is 4.83. The molecule has 0 unspecified atom stereocenters. The SMILES string of the molecule is CCOc1ccnc(NCC[C@@H]2CCCCN2C2CCCC2)n1.